The summed E-state index contributed by atoms with van der Waals surface area (Å²) in [7, 11) is -4.10. The van der Waals surface area contributed by atoms with E-state index in [2.05, 4.69) is 0 Å². The highest BCUT2D eigenvalue weighted by molar-refractivity contribution is 7.87. The molecule has 0 aliphatic rings. The number of esters is 2. The van der Waals surface area contributed by atoms with Crippen molar-refractivity contribution >= 4 is 22.1 Å². The predicted molar refractivity (Wildman–Crippen MR) is 123 cm³/mol. The molecule has 2 aromatic carbocycles. The summed E-state index contributed by atoms with van der Waals surface area (Å²) >= 11 is 0. The van der Waals surface area contributed by atoms with Crippen molar-refractivity contribution in [2.75, 3.05) is 0 Å². The highest BCUT2D eigenvalue weighted by atomic mass is 32.2. The monoisotopic (exact) mass is 477 g/mol. The molecule has 0 fully saturated rings. The van der Waals surface area contributed by atoms with E-state index in [0.717, 1.165) is 0 Å². The number of carbonyl (C=O) groups excluding carboxylic acids is 2. The van der Waals surface area contributed by atoms with Crippen molar-refractivity contribution in [1.29, 1.82) is 0 Å². The Morgan fingerprint density at radius 1 is 0.818 bits per heavy atom. The smallest absolute Gasteiger partial charge is 0.339 e. The molecule has 2 rings (SSSR count). The highest BCUT2D eigenvalue weighted by Crippen LogP contribution is 2.29. The number of benzene rings is 2. The van der Waals surface area contributed by atoms with Crippen molar-refractivity contribution in [1.82, 2.24) is 0 Å². The van der Waals surface area contributed by atoms with Crippen molar-refractivity contribution in [3.8, 4) is 5.75 Å². The minimum Gasteiger partial charge on any atom is -0.459 e. The molecule has 9 heteroatoms. The average Bonchev–Trinajstić information content (AvgIpc) is 2.66. The summed E-state index contributed by atoms with van der Waals surface area (Å²) in [4.78, 5) is 25.7. The van der Waals surface area contributed by atoms with Crippen LogP contribution < -0.4 is 9.92 Å². The van der Waals surface area contributed by atoms with Crippen LogP contribution in [0.5, 0.6) is 5.75 Å². The quantitative estimate of drug-likeness (QED) is 0.475. The van der Waals surface area contributed by atoms with Crippen molar-refractivity contribution in [3.05, 3.63) is 60.2 Å². The van der Waals surface area contributed by atoms with Crippen LogP contribution in [0.2, 0.25) is 0 Å². The molecule has 0 amide bonds. The minimum atomic E-state index is -4.10. The molecule has 2 aromatic rings. The first kappa shape index (κ1) is 26.3. The molecule has 0 saturated carbocycles. The van der Waals surface area contributed by atoms with Crippen LogP contribution in [0.15, 0.2) is 59.5 Å². The van der Waals surface area contributed by atoms with Crippen LogP contribution in [0.1, 0.15) is 53.0 Å². The van der Waals surface area contributed by atoms with Gasteiger partial charge in [0, 0.05) is 0 Å². The molecular formula is C24H31NO7S. The van der Waals surface area contributed by atoms with Crippen LogP contribution in [-0.4, -0.2) is 37.6 Å². The summed E-state index contributed by atoms with van der Waals surface area (Å²) in [6.45, 7) is 10.1. The normalized spacial score (nSPS) is 14.2. The van der Waals surface area contributed by atoms with Gasteiger partial charge in [-0.1, -0.05) is 30.3 Å². The Morgan fingerprint density at radius 3 is 1.91 bits per heavy atom. The van der Waals surface area contributed by atoms with Gasteiger partial charge in [-0.3, -0.25) is 9.59 Å². The molecule has 0 heterocycles. The van der Waals surface area contributed by atoms with Gasteiger partial charge in [-0.15, -0.1) is 0 Å². The third-order valence-corrected chi connectivity index (χ3v) is 5.42. The van der Waals surface area contributed by atoms with E-state index in [1.807, 2.05) is 0 Å². The standard InChI is InChI=1S/C24H31NO7S/c1-23(2,3)30-21(26)19(20(25)22(27)31-24(4,5)6)16-11-10-12-17(15-16)32-33(28,29)18-13-8-7-9-14-18/h7-15,19-20H,25H2,1-6H3. The van der Waals surface area contributed by atoms with E-state index in [4.69, 9.17) is 19.4 Å². The van der Waals surface area contributed by atoms with Gasteiger partial charge < -0.3 is 19.4 Å². The molecule has 0 saturated heterocycles. The number of carbonyl (C=O) groups is 2. The van der Waals surface area contributed by atoms with Crippen LogP contribution >= 0.6 is 0 Å². The summed E-state index contributed by atoms with van der Waals surface area (Å²) in [5, 5.41) is 0. The van der Waals surface area contributed by atoms with Crippen molar-refractivity contribution in [2.45, 2.75) is 69.6 Å². The van der Waals surface area contributed by atoms with Gasteiger partial charge >= 0.3 is 22.1 Å². The molecule has 2 atom stereocenters. The van der Waals surface area contributed by atoms with Gasteiger partial charge in [0.2, 0.25) is 0 Å². The second-order valence-electron chi connectivity index (χ2n) is 9.49. The Balaban J connectivity index is 2.42. The Morgan fingerprint density at radius 2 is 1.36 bits per heavy atom. The minimum absolute atomic E-state index is 0.0236. The van der Waals surface area contributed by atoms with Crippen LogP contribution in [0.3, 0.4) is 0 Å². The van der Waals surface area contributed by atoms with Crippen LogP contribution in [-0.2, 0) is 29.2 Å². The molecule has 8 nitrogen and oxygen atoms in total. The molecular weight excluding hydrogens is 446 g/mol. The zero-order valence-electron chi connectivity index (χ0n) is 19.7. The summed E-state index contributed by atoms with van der Waals surface area (Å²) < 4.78 is 41.3. The van der Waals surface area contributed by atoms with Crippen LogP contribution in [0.4, 0.5) is 0 Å². The van der Waals surface area contributed by atoms with Gasteiger partial charge in [-0.2, -0.15) is 8.42 Å². The van der Waals surface area contributed by atoms with E-state index < -0.39 is 45.2 Å². The Kier molecular flexibility index (Phi) is 7.92. The van der Waals surface area contributed by atoms with Crippen molar-refractivity contribution in [3.63, 3.8) is 0 Å². The fraction of sp³-hybridized carbons (Fsp3) is 0.417. The van der Waals surface area contributed by atoms with E-state index in [1.54, 1.807) is 65.8 Å². The Hall–Kier alpha value is -2.91. The predicted octanol–water partition coefficient (Wildman–Crippen LogP) is 3.55. The maximum Gasteiger partial charge on any atom is 0.339 e. The topological polar surface area (TPSA) is 122 Å². The second-order valence-corrected chi connectivity index (χ2v) is 11.0. The van der Waals surface area contributed by atoms with Crippen LogP contribution in [0.25, 0.3) is 0 Å². The first-order chi connectivity index (χ1) is 15.1. The zero-order valence-corrected chi connectivity index (χ0v) is 20.5. The number of ether oxygens (including phenoxy) is 2. The lowest BCUT2D eigenvalue weighted by Crippen LogP contribution is -2.45. The molecule has 0 aromatic heterocycles. The molecule has 0 aliphatic heterocycles. The van der Waals surface area contributed by atoms with Gasteiger partial charge in [-0.25, -0.2) is 0 Å². The van der Waals surface area contributed by atoms with E-state index in [1.165, 1.54) is 30.3 Å². The average molecular weight is 478 g/mol. The lowest BCUT2D eigenvalue weighted by Gasteiger charge is -2.29. The molecule has 180 valence electrons. The number of nitrogens with two attached hydrogens (primary N) is 1. The van der Waals surface area contributed by atoms with Gasteiger partial charge in [0.25, 0.3) is 0 Å². The van der Waals surface area contributed by atoms with E-state index in [-0.39, 0.29) is 16.2 Å². The molecule has 2 unspecified atom stereocenters. The van der Waals surface area contributed by atoms with Gasteiger partial charge in [-0.05, 0) is 71.4 Å². The Labute approximate surface area is 195 Å². The zero-order chi connectivity index (χ0) is 25.0. The fourth-order valence-corrected chi connectivity index (χ4v) is 3.83. The number of rotatable bonds is 7. The fourth-order valence-electron chi connectivity index (χ4n) is 2.88. The number of hydrogen-bond acceptors (Lipinski definition) is 8. The third kappa shape index (κ3) is 7.87. The van der Waals surface area contributed by atoms with Gasteiger partial charge in [0.15, 0.2) is 0 Å². The number of hydrogen-bond donors (Lipinski definition) is 1. The van der Waals surface area contributed by atoms with Crippen molar-refractivity contribution < 1.29 is 31.7 Å². The summed E-state index contributed by atoms with van der Waals surface area (Å²) in [6.07, 6.45) is 0. The molecule has 0 bridgehead atoms. The van der Waals surface area contributed by atoms with E-state index >= 15 is 0 Å². The largest absolute Gasteiger partial charge is 0.459 e. The third-order valence-electron chi connectivity index (χ3n) is 4.15. The van der Waals surface area contributed by atoms with Gasteiger partial charge in [0.05, 0.1) is 0 Å². The molecule has 0 radical (unpaired) electrons. The molecule has 0 aliphatic carbocycles. The van der Waals surface area contributed by atoms with Gasteiger partial charge in [0.1, 0.15) is 33.8 Å². The summed E-state index contributed by atoms with van der Waals surface area (Å²) in [5.41, 5.74) is 4.75. The van der Waals surface area contributed by atoms with E-state index in [9.17, 15) is 18.0 Å². The van der Waals surface area contributed by atoms with Crippen LogP contribution in [0, 0.1) is 0 Å². The SMILES string of the molecule is CC(C)(C)OC(=O)C(N)C(C(=O)OC(C)(C)C)c1cccc(OS(=O)(=O)c2ccccc2)c1. The second kappa shape index (κ2) is 9.93. The lowest BCUT2D eigenvalue weighted by atomic mass is 9.91. The Bertz CT molecular complexity index is 1080. The maximum atomic E-state index is 13.0. The first-order valence-corrected chi connectivity index (χ1v) is 11.8. The summed E-state index contributed by atoms with van der Waals surface area (Å²) in [5.74, 6) is -2.83. The summed E-state index contributed by atoms with van der Waals surface area (Å²) in [6, 6.07) is 12.1. The first-order valence-electron chi connectivity index (χ1n) is 10.4. The molecule has 2 N–H and O–H groups in total. The van der Waals surface area contributed by atoms with Crippen molar-refractivity contribution in [2.24, 2.45) is 5.73 Å². The molecule has 0 spiro atoms. The maximum absolute atomic E-state index is 13.0. The lowest BCUT2D eigenvalue weighted by molar-refractivity contribution is -0.165. The van der Waals surface area contributed by atoms with E-state index in [0.29, 0.717) is 0 Å². The highest BCUT2D eigenvalue weighted by Gasteiger charge is 2.38. The molecule has 33 heavy (non-hydrogen) atoms.